The van der Waals surface area contributed by atoms with Gasteiger partial charge in [0.25, 0.3) is 0 Å². The molecule has 0 atom stereocenters. The lowest BCUT2D eigenvalue weighted by Crippen LogP contribution is -2.12. The van der Waals surface area contributed by atoms with Crippen molar-refractivity contribution < 1.29 is 13.9 Å². The van der Waals surface area contributed by atoms with Crippen molar-refractivity contribution >= 4 is 5.78 Å². The molecule has 1 saturated carbocycles. The van der Waals surface area contributed by atoms with E-state index in [-0.39, 0.29) is 5.78 Å². The zero-order valence-corrected chi connectivity index (χ0v) is 11.8. The number of ketones is 1. The van der Waals surface area contributed by atoms with E-state index in [0.717, 1.165) is 35.5 Å². The average molecular weight is 283 g/mol. The van der Waals surface area contributed by atoms with Crippen molar-refractivity contribution in [2.75, 3.05) is 0 Å². The van der Waals surface area contributed by atoms with Gasteiger partial charge in [0.2, 0.25) is 5.89 Å². The summed E-state index contributed by atoms with van der Waals surface area (Å²) in [6.45, 7) is 0.317. The molecule has 1 fully saturated rings. The summed E-state index contributed by atoms with van der Waals surface area (Å²) in [5.41, 5.74) is 1.84. The highest BCUT2D eigenvalue weighted by molar-refractivity contribution is 5.99. The highest BCUT2D eigenvalue weighted by Gasteiger charge is 2.27. The van der Waals surface area contributed by atoms with Crippen molar-refractivity contribution in [3.63, 3.8) is 0 Å². The Morgan fingerprint density at radius 1 is 1.29 bits per heavy atom. The first kappa shape index (κ1) is 12.6. The number of oxazole rings is 1. The molecule has 2 aromatic rings. The summed E-state index contributed by atoms with van der Waals surface area (Å²) in [6.07, 6.45) is 6.64. The second kappa shape index (κ2) is 5.02. The number of hydrogen-bond donors (Lipinski definition) is 0. The number of carbonyl (C=O) groups excluding carboxylic acids is 1. The van der Waals surface area contributed by atoms with Crippen LogP contribution >= 0.6 is 0 Å². The fourth-order valence-electron chi connectivity index (χ4n) is 2.87. The van der Waals surface area contributed by atoms with Gasteiger partial charge < -0.3 is 9.15 Å². The van der Waals surface area contributed by atoms with Crippen LogP contribution in [-0.4, -0.2) is 10.8 Å². The lowest BCUT2D eigenvalue weighted by Gasteiger charge is -2.18. The van der Waals surface area contributed by atoms with Crippen LogP contribution in [0.1, 0.15) is 59.2 Å². The minimum Gasteiger partial charge on any atom is -0.484 e. The molecule has 2 aliphatic rings. The molecule has 0 radical (unpaired) electrons. The van der Waals surface area contributed by atoms with Crippen LogP contribution in [0.2, 0.25) is 0 Å². The van der Waals surface area contributed by atoms with Gasteiger partial charge in [-0.25, -0.2) is 4.98 Å². The molecular weight excluding hydrogens is 266 g/mol. The lowest BCUT2D eigenvalue weighted by molar-refractivity contribution is 0.0971. The van der Waals surface area contributed by atoms with Crippen LogP contribution in [-0.2, 0) is 13.0 Å². The summed E-state index contributed by atoms with van der Waals surface area (Å²) in [6, 6.07) is 5.69. The molecule has 0 spiro atoms. The second-order valence-electron chi connectivity index (χ2n) is 5.78. The van der Waals surface area contributed by atoms with Crippen LogP contribution in [0.3, 0.4) is 0 Å². The zero-order chi connectivity index (χ0) is 14.2. The van der Waals surface area contributed by atoms with Gasteiger partial charge in [-0.3, -0.25) is 4.79 Å². The molecule has 0 N–H and O–H groups in total. The summed E-state index contributed by atoms with van der Waals surface area (Å²) in [5.74, 6) is 3.14. The smallest absolute Gasteiger partial charge is 0.232 e. The number of benzene rings is 1. The predicted octanol–water partition coefficient (Wildman–Crippen LogP) is 3.65. The van der Waals surface area contributed by atoms with E-state index >= 15 is 0 Å². The van der Waals surface area contributed by atoms with Gasteiger partial charge in [-0.15, -0.1) is 0 Å². The molecule has 0 unspecified atom stereocenters. The third kappa shape index (κ3) is 2.46. The minimum absolute atomic E-state index is 0.217. The number of hydrogen-bond acceptors (Lipinski definition) is 4. The Kier molecular flexibility index (Phi) is 3.02. The lowest BCUT2D eigenvalue weighted by atomic mass is 9.90. The van der Waals surface area contributed by atoms with Gasteiger partial charge in [0.05, 0.1) is 6.20 Å². The quantitative estimate of drug-likeness (QED) is 0.859. The summed E-state index contributed by atoms with van der Waals surface area (Å²) in [5, 5.41) is 0. The van der Waals surface area contributed by atoms with Gasteiger partial charge in [-0.05, 0) is 31.7 Å². The standard InChI is InChI=1S/C17H17NO3/c19-14-5-1-4-13-12(14)3-2-6-15(13)20-10-17-18-9-16(21-17)11-7-8-11/h2-3,6,9,11H,1,4-5,7-8,10H2. The molecule has 108 valence electrons. The van der Waals surface area contributed by atoms with E-state index in [2.05, 4.69) is 4.98 Å². The second-order valence-corrected chi connectivity index (χ2v) is 5.78. The Morgan fingerprint density at radius 3 is 3.05 bits per heavy atom. The molecule has 1 aromatic carbocycles. The monoisotopic (exact) mass is 283 g/mol. The third-order valence-electron chi connectivity index (χ3n) is 4.17. The molecule has 21 heavy (non-hydrogen) atoms. The fourth-order valence-corrected chi connectivity index (χ4v) is 2.87. The number of ether oxygens (including phenoxy) is 1. The van der Waals surface area contributed by atoms with E-state index in [1.807, 2.05) is 18.2 Å². The van der Waals surface area contributed by atoms with Gasteiger partial charge in [0.1, 0.15) is 11.5 Å². The average Bonchev–Trinajstić information content (AvgIpc) is 3.25. The molecular formula is C17H17NO3. The summed E-state index contributed by atoms with van der Waals surface area (Å²) in [4.78, 5) is 16.2. The van der Waals surface area contributed by atoms with Crippen LogP contribution in [0, 0.1) is 0 Å². The molecule has 1 aromatic heterocycles. The molecule has 2 aliphatic carbocycles. The van der Waals surface area contributed by atoms with E-state index in [9.17, 15) is 4.79 Å². The maximum Gasteiger partial charge on any atom is 0.232 e. The Hall–Kier alpha value is -2.10. The van der Waals surface area contributed by atoms with E-state index in [1.165, 1.54) is 12.8 Å². The van der Waals surface area contributed by atoms with Crippen molar-refractivity contribution in [2.45, 2.75) is 44.6 Å². The van der Waals surface area contributed by atoms with E-state index in [0.29, 0.717) is 24.8 Å². The first-order chi connectivity index (χ1) is 10.3. The number of aromatic nitrogens is 1. The van der Waals surface area contributed by atoms with Gasteiger partial charge in [-0.1, -0.05) is 12.1 Å². The number of carbonyl (C=O) groups is 1. The Bertz CT molecular complexity index is 685. The molecule has 4 nitrogen and oxygen atoms in total. The van der Waals surface area contributed by atoms with E-state index < -0.39 is 0 Å². The maximum atomic E-state index is 11.9. The topological polar surface area (TPSA) is 52.3 Å². The summed E-state index contributed by atoms with van der Waals surface area (Å²) < 4.78 is 11.5. The molecule has 4 rings (SSSR count). The van der Waals surface area contributed by atoms with Crippen molar-refractivity contribution in [1.82, 2.24) is 4.98 Å². The number of fused-ring (bicyclic) bond motifs is 1. The van der Waals surface area contributed by atoms with Gasteiger partial charge in [0, 0.05) is 23.5 Å². The predicted molar refractivity (Wildman–Crippen MR) is 76.5 cm³/mol. The zero-order valence-electron chi connectivity index (χ0n) is 11.8. The minimum atomic E-state index is 0.217. The molecule has 1 heterocycles. The molecule has 0 aliphatic heterocycles. The van der Waals surface area contributed by atoms with Crippen LogP contribution in [0.4, 0.5) is 0 Å². The van der Waals surface area contributed by atoms with E-state index in [4.69, 9.17) is 9.15 Å². The van der Waals surface area contributed by atoms with Crippen molar-refractivity contribution in [3.05, 3.63) is 47.2 Å². The Morgan fingerprint density at radius 2 is 2.19 bits per heavy atom. The van der Waals surface area contributed by atoms with E-state index in [1.54, 1.807) is 6.20 Å². The first-order valence-electron chi connectivity index (χ1n) is 7.54. The Balaban J connectivity index is 1.51. The highest BCUT2D eigenvalue weighted by Crippen LogP contribution is 2.40. The van der Waals surface area contributed by atoms with Gasteiger partial charge >= 0.3 is 0 Å². The number of rotatable bonds is 4. The van der Waals surface area contributed by atoms with Crippen LogP contribution in [0.15, 0.2) is 28.8 Å². The summed E-state index contributed by atoms with van der Waals surface area (Å²) >= 11 is 0. The molecule has 0 amide bonds. The molecule has 4 heteroatoms. The maximum absolute atomic E-state index is 11.9. The van der Waals surface area contributed by atoms with Crippen LogP contribution in [0.5, 0.6) is 5.75 Å². The SMILES string of the molecule is O=C1CCCc2c(OCc3ncc(C4CC4)o3)cccc21. The van der Waals surface area contributed by atoms with Crippen LogP contribution < -0.4 is 4.74 Å². The molecule has 0 saturated heterocycles. The molecule has 0 bridgehead atoms. The van der Waals surface area contributed by atoms with Gasteiger partial charge in [0.15, 0.2) is 12.4 Å². The Labute approximate surface area is 123 Å². The first-order valence-corrected chi connectivity index (χ1v) is 7.54. The van der Waals surface area contributed by atoms with Crippen LogP contribution in [0.25, 0.3) is 0 Å². The largest absolute Gasteiger partial charge is 0.484 e. The van der Waals surface area contributed by atoms with Crippen molar-refractivity contribution in [3.8, 4) is 5.75 Å². The van der Waals surface area contributed by atoms with Crippen molar-refractivity contribution in [2.24, 2.45) is 0 Å². The highest BCUT2D eigenvalue weighted by atomic mass is 16.5. The van der Waals surface area contributed by atoms with Gasteiger partial charge in [-0.2, -0.15) is 0 Å². The fraction of sp³-hybridized carbons (Fsp3) is 0.412. The van der Waals surface area contributed by atoms with Crippen molar-refractivity contribution in [1.29, 1.82) is 0 Å². The summed E-state index contributed by atoms with van der Waals surface area (Å²) in [7, 11) is 0. The third-order valence-corrected chi connectivity index (χ3v) is 4.17. The normalized spacial score (nSPS) is 17.6. The number of Topliss-reactive ketones (excluding diaryl/α,β-unsaturated/α-hetero) is 1. The number of nitrogens with zero attached hydrogens (tertiary/aromatic N) is 1.